The average molecular weight is 333 g/mol. The number of nitrogens with zero attached hydrogens (tertiary/aromatic N) is 1. The molecule has 3 nitrogen and oxygen atoms in total. The van der Waals surface area contributed by atoms with Gasteiger partial charge in [-0.15, -0.1) is 0 Å². The topological polar surface area (TPSA) is 32.3 Å². The van der Waals surface area contributed by atoms with Gasteiger partial charge in [-0.25, -0.2) is 9.18 Å². The second-order valence-corrected chi connectivity index (χ2v) is 6.21. The van der Waals surface area contributed by atoms with Crippen molar-refractivity contribution >= 4 is 23.3 Å². The van der Waals surface area contributed by atoms with E-state index in [9.17, 15) is 9.18 Å². The Morgan fingerprint density at radius 3 is 2.87 bits per heavy atom. The number of benzene rings is 2. The largest absolute Gasteiger partial charge is 0.322 e. The lowest BCUT2D eigenvalue weighted by molar-refractivity contribution is 0.207. The van der Waals surface area contributed by atoms with E-state index < -0.39 is 0 Å². The molecular formula is C18H18ClFN2O. The quantitative estimate of drug-likeness (QED) is 0.809. The van der Waals surface area contributed by atoms with Crippen molar-refractivity contribution in [2.75, 3.05) is 11.9 Å². The molecule has 2 amide bonds. The van der Waals surface area contributed by atoms with Gasteiger partial charge in [-0.1, -0.05) is 29.8 Å². The number of aryl methyl sites for hydroxylation is 1. The summed E-state index contributed by atoms with van der Waals surface area (Å²) in [4.78, 5) is 14.3. The molecule has 3 rings (SSSR count). The molecule has 0 bridgehead atoms. The monoisotopic (exact) mass is 332 g/mol. The number of urea groups is 1. The van der Waals surface area contributed by atoms with Crippen molar-refractivity contribution in [2.45, 2.75) is 25.8 Å². The van der Waals surface area contributed by atoms with Gasteiger partial charge >= 0.3 is 6.03 Å². The predicted octanol–water partition coefficient (Wildman–Crippen LogP) is 5.16. The van der Waals surface area contributed by atoms with Gasteiger partial charge in [0.15, 0.2) is 0 Å². The number of amides is 2. The summed E-state index contributed by atoms with van der Waals surface area (Å²) in [6.07, 6.45) is 1.74. The van der Waals surface area contributed by atoms with Crippen molar-refractivity contribution in [2.24, 2.45) is 0 Å². The number of rotatable bonds is 2. The SMILES string of the molecule is Cc1ccc(NC(=O)N2CCC[C@@H]2c2cccc(F)c2)cc1Cl. The van der Waals surface area contributed by atoms with Crippen LogP contribution in [-0.4, -0.2) is 17.5 Å². The standard InChI is InChI=1S/C18H18ClFN2O/c1-12-7-8-15(11-16(12)19)21-18(23)22-9-3-6-17(22)13-4-2-5-14(20)10-13/h2,4-5,7-8,10-11,17H,3,6,9H2,1H3,(H,21,23)/t17-/m1/s1. The fourth-order valence-electron chi connectivity index (χ4n) is 2.94. The molecule has 1 fully saturated rings. The number of nitrogens with one attached hydrogen (secondary N) is 1. The molecular weight excluding hydrogens is 315 g/mol. The lowest BCUT2D eigenvalue weighted by Gasteiger charge is -2.25. The van der Waals surface area contributed by atoms with Gasteiger partial charge in [0, 0.05) is 17.3 Å². The third kappa shape index (κ3) is 3.48. The lowest BCUT2D eigenvalue weighted by atomic mass is 10.0. The minimum atomic E-state index is -0.278. The zero-order valence-corrected chi connectivity index (χ0v) is 13.6. The second-order valence-electron chi connectivity index (χ2n) is 5.80. The molecule has 0 radical (unpaired) electrons. The van der Waals surface area contributed by atoms with E-state index in [1.54, 1.807) is 17.0 Å². The summed E-state index contributed by atoms with van der Waals surface area (Å²) >= 11 is 6.09. The van der Waals surface area contributed by atoms with Crippen LogP contribution in [0.15, 0.2) is 42.5 Å². The van der Waals surface area contributed by atoms with Gasteiger partial charge in [0.05, 0.1) is 6.04 Å². The smallest absolute Gasteiger partial charge is 0.317 e. The molecule has 1 saturated heterocycles. The number of halogens is 2. The Morgan fingerprint density at radius 2 is 2.13 bits per heavy atom. The Labute approximate surface area is 140 Å². The molecule has 1 N–H and O–H groups in total. The minimum Gasteiger partial charge on any atom is -0.317 e. The number of carbonyl (C=O) groups is 1. The molecule has 120 valence electrons. The van der Waals surface area contributed by atoms with Crippen molar-refractivity contribution in [3.63, 3.8) is 0 Å². The van der Waals surface area contributed by atoms with Gasteiger partial charge in [-0.05, 0) is 55.2 Å². The summed E-state index contributed by atoms with van der Waals surface area (Å²) in [6.45, 7) is 2.57. The average Bonchev–Trinajstić information content (AvgIpc) is 3.00. The van der Waals surface area contributed by atoms with Crippen LogP contribution in [0.2, 0.25) is 5.02 Å². The molecule has 1 atom stereocenters. The first-order valence-corrected chi connectivity index (χ1v) is 8.01. The fraction of sp³-hybridized carbons (Fsp3) is 0.278. The van der Waals surface area contributed by atoms with E-state index in [1.807, 2.05) is 25.1 Å². The lowest BCUT2D eigenvalue weighted by Crippen LogP contribution is -2.34. The maximum absolute atomic E-state index is 13.4. The summed E-state index contributed by atoms with van der Waals surface area (Å²) in [7, 11) is 0. The number of hydrogen-bond acceptors (Lipinski definition) is 1. The number of likely N-dealkylation sites (tertiary alicyclic amines) is 1. The maximum atomic E-state index is 13.4. The van der Waals surface area contributed by atoms with Crippen LogP contribution in [0.4, 0.5) is 14.9 Å². The second kappa shape index (κ2) is 6.59. The van der Waals surface area contributed by atoms with E-state index in [0.29, 0.717) is 17.3 Å². The zero-order chi connectivity index (χ0) is 16.4. The van der Waals surface area contributed by atoms with E-state index in [-0.39, 0.29) is 17.9 Å². The number of hydrogen-bond donors (Lipinski definition) is 1. The molecule has 2 aromatic rings. The van der Waals surface area contributed by atoms with Gasteiger partial charge < -0.3 is 10.2 Å². The highest BCUT2D eigenvalue weighted by molar-refractivity contribution is 6.31. The van der Waals surface area contributed by atoms with Gasteiger partial charge in [-0.2, -0.15) is 0 Å². The highest BCUT2D eigenvalue weighted by Crippen LogP contribution is 2.32. The van der Waals surface area contributed by atoms with Gasteiger partial charge in [0.1, 0.15) is 5.82 Å². The highest BCUT2D eigenvalue weighted by atomic mass is 35.5. The molecule has 0 spiro atoms. The van der Waals surface area contributed by atoms with Crippen LogP contribution in [-0.2, 0) is 0 Å². The van der Waals surface area contributed by atoms with E-state index in [0.717, 1.165) is 24.0 Å². The fourth-order valence-corrected chi connectivity index (χ4v) is 3.12. The predicted molar refractivity (Wildman–Crippen MR) is 90.3 cm³/mol. The summed E-state index contributed by atoms with van der Waals surface area (Å²) in [5.74, 6) is -0.278. The highest BCUT2D eigenvalue weighted by Gasteiger charge is 2.30. The van der Waals surface area contributed by atoms with Crippen LogP contribution in [0.25, 0.3) is 0 Å². The Kier molecular flexibility index (Phi) is 4.53. The van der Waals surface area contributed by atoms with Crippen molar-refractivity contribution in [1.29, 1.82) is 0 Å². The number of anilines is 1. The van der Waals surface area contributed by atoms with Gasteiger partial charge in [0.2, 0.25) is 0 Å². The van der Waals surface area contributed by atoms with Crippen molar-refractivity contribution in [3.05, 3.63) is 64.4 Å². The molecule has 0 aliphatic carbocycles. The Bertz CT molecular complexity index is 735. The molecule has 1 heterocycles. The zero-order valence-electron chi connectivity index (χ0n) is 12.9. The van der Waals surface area contributed by atoms with Crippen LogP contribution in [0, 0.1) is 12.7 Å². The van der Waals surface area contributed by atoms with Crippen LogP contribution >= 0.6 is 11.6 Å². The number of carbonyl (C=O) groups excluding carboxylic acids is 1. The Balaban J connectivity index is 1.76. The molecule has 5 heteroatoms. The summed E-state index contributed by atoms with van der Waals surface area (Å²) in [5, 5.41) is 3.49. The third-order valence-electron chi connectivity index (χ3n) is 4.17. The Hall–Kier alpha value is -2.07. The third-order valence-corrected chi connectivity index (χ3v) is 4.58. The summed E-state index contributed by atoms with van der Waals surface area (Å²) < 4.78 is 13.4. The van der Waals surface area contributed by atoms with E-state index in [2.05, 4.69) is 5.32 Å². The maximum Gasteiger partial charge on any atom is 0.322 e. The van der Waals surface area contributed by atoms with Crippen LogP contribution in [0.3, 0.4) is 0 Å². The van der Waals surface area contributed by atoms with Crippen LogP contribution in [0.1, 0.15) is 30.0 Å². The molecule has 1 aliphatic heterocycles. The normalized spacial score (nSPS) is 17.3. The Morgan fingerprint density at radius 1 is 1.30 bits per heavy atom. The first-order chi connectivity index (χ1) is 11.0. The van der Waals surface area contributed by atoms with Crippen molar-refractivity contribution < 1.29 is 9.18 Å². The van der Waals surface area contributed by atoms with Gasteiger partial charge in [-0.3, -0.25) is 0 Å². The molecule has 0 unspecified atom stereocenters. The van der Waals surface area contributed by atoms with Crippen LogP contribution in [0.5, 0.6) is 0 Å². The molecule has 0 saturated carbocycles. The van der Waals surface area contributed by atoms with E-state index in [4.69, 9.17) is 11.6 Å². The van der Waals surface area contributed by atoms with Crippen LogP contribution < -0.4 is 5.32 Å². The molecule has 23 heavy (non-hydrogen) atoms. The van der Waals surface area contributed by atoms with Crippen molar-refractivity contribution in [1.82, 2.24) is 4.90 Å². The molecule has 2 aromatic carbocycles. The molecule has 1 aliphatic rings. The summed E-state index contributed by atoms with van der Waals surface area (Å²) in [6, 6.07) is 11.6. The van der Waals surface area contributed by atoms with Gasteiger partial charge in [0.25, 0.3) is 0 Å². The first kappa shape index (κ1) is 15.8. The first-order valence-electron chi connectivity index (χ1n) is 7.64. The van der Waals surface area contributed by atoms with E-state index >= 15 is 0 Å². The van der Waals surface area contributed by atoms with E-state index in [1.165, 1.54) is 12.1 Å². The van der Waals surface area contributed by atoms with Crippen molar-refractivity contribution in [3.8, 4) is 0 Å². The minimum absolute atomic E-state index is 0.0911. The summed E-state index contributed by atoms with van der Waals surface area (Å²) in [5.41, 5.74) is 2.46. The molecule has 0 aromatic heterocycles.